The average Bonchev–Trinajstić information content (AvgIpc) is 2.88. The van der Waals surface area contributed by atoms with Crippen LogP contribution in [-0.4, -0.2) is 24.7 Å². The predicted molar refractivity (Wildman–Crippen MR) is 77.3 cm³/mol. The number of H-pyrrole nitrogens is 1. The molecule has 0 spiro atoms. The first-order chi connectivity index (χ1) is 9.43. The van der Waals surface area contributed by atoms with Crippen molar-refractivity contribution in [1.29, 1.82) is 0 Å². The van der Waals surface area contributed by atoms with Crippen molar-refractivity contribution in [1.82, 2.24) is 10.2 Å². The number of benzene rings is 1. The number of fused-ring (bicyclic) bond motifs is 1. The predicted octanol–water partition coefficient (Wildman–Crippen LogP) is 2.17. The monoisotopic (exact) mass is 291 g/mol. The highest BCUT2D eigenvalue weighted by Crippen LogP contribution is 2.37. The molecule has 1 N–H and O–H groups in total. The van der Waals surface area contributed by atoms with E-state index in [2.05, 4.69) is 10.2 Å². The Hall–Kier alpha value is -1.82. The van der Waals surface area contributed by atoms with E-state index in [0.29, 0.717) is 16.3 Å². The molecule has 0 radical (unpaired) electrons. The van der Waals surface area contributed by atoms with Crippen LogP contribution in [0.3, 0.4) is 0 Å². The van der Waals surface area contributed by atoms with Crippen molar-refractivity contribution in [3.8, 4) is 0 Å². The van der Waals surface area contributed by atoms with Crippen LogP contribution < -0.4 is 4.31 Å². The summed E-state index contributed by atoms with van der Waals surface area (Å²) in [4.78, 5) is 0.293. The Morgan fingerprint density at radius 1 is 1.30 bits per heavy atom. The van der Waals surface area contributed by atoms with E-state index in [1.165, 1.54) is 4.31 Å². The zero-order valence-corrected chi connectivity index (χ0v) is 12.5. The zero-order valence-electron chi connectivity index (χ0n) is 11.7. The van der Waals surface area contributed by atoms with Gasteiger partial charge in [0, 0.05) is 6.04 Å². The lowest BCUT2D eigenvalue weighted by molar-refractivity contribution is 0.583. The third-order valence-electron chi connectivity index (χ3n) is 3.72. The molecule has 106 valence electrons. The second-order valence-corrected chi connectivity index (χ2v) is 7.00. The Morgan fingerprint density at radius 3 is 2.65 bits per heavy atom. The molecule has 0 unspecified atom stereocenters. The van der Waals surface area contributed by atoms with Crippen LogP contribution in [0, 0.1) is 13.8 Å². The molecule has 1 aliphatic rings. The number of aryl methyl sites for hydroxylation is 2. The van der Waals surface area contributed by atoms with Gasteiger partial charge in [0.15, 0.2) is 0 Å². The first-order valence-corrected chi connectivity index (χ1v) is 8.01. The van der Waals surface area contributed by atoms with Gasteiger partial charge in [-0.25, -0.2) is 8.42 Å². The van der Waals surface area contributed by atoms with Crippen LogP contribution in [0.1, 0.15) is 23.9 Å². The number of hydrogen-bond donors (Lipinski definition) is 1. The van der Waals surface area contributed by atoms with Gasteiger partial charge in [0.05, 0.1) is 17.1 Å². The number of hydrogen-bond acceptors (Lipinski definition) is 3. The van der Waals surface area contributed by atoms with Gasteiger partial charge in [-0.2, -0.15) is 5.10 Å². The topological polar surface area (TPSA) is 66.1 Å². The molecule has 0 amide bonds. The normalized spacial score (nSPS) is 18.4. The van der Waals surface area contributed by atoms with E-state index in [-0.39, 0.29) is 6.04 Å². The second-order valence-electron chi connectivity index (χ2n) is 5.25. The van der Waals surface area contributed by atoms with Crippen LogP contribution in [-0.2, 0) is 16.4 Å². The molecule has 2 heterocycles. The molecule has 1 aromatic carbocycles. The van der Waals surface area contributed by atoms with Crippen LogP contribution in [0.4, 0.5) is 5.69 Å². The molecule has 0 fully saturated rings. The molecule has 3 rings (SSSR count). The van der Waals surface area contributed by atoms with Gasteiger partial charge in [0.1, 0.15) is 4.90 Å². The van der Waals surface area contributed by atoms with Gasteiger partial charge in [0.25, 0.3) is 10.0 Å². The molecule has 2 aromatic rings. The highest BCUT2D eigenvalue weighted by molar-refractivity contribution is 7.93. The maximum Gasteiger partial charge on any atom is 0.268 e. The zero-order chi connectivity index (χ0) is 14.5. The van der Waals surface area contributed by atoms with Gasteiger partial charge in [-0.1, -0.05) is 18.2 Å². The van der Waals surface area contributed by atoms with E-state index in [1.807, 2.05) is 31.2 Å². The van der Waals surface area contributed by atoms with E-state index in [0.717, 1.165) is 17.7 Å². The summed E-state index contributed by atoms with van der Waals surface area (Å²) in [5.74, 6) is 0. The van der Waals surface area contributed by atoms with Crippen molar-refractivity contribution in [3.05, 3.63) is 41.2 Å². The minimum Gasteiger partial charge on any atom is -0.281 e. The average molecular weight is 291 g/mol. The van der Waals surface area contributed by atoms with Crippen molar-refractivity contribution in [2.75, 3.05) is 4.31 Å². The lowest BCUT2D eigenvalue weighted by Crippen LogP contribution is -2.36. The van der Waals surface area contributed by atoms with E-state index in [4.69, 9.17) is 0 Å². The summed E-state index contributed by atoms with van der Waals surface area (Å²) < 4.78 is 27.5. The smallest absolute Gasteiger partial charge is 0.268 e. The quantitative estimate of drug-likeness (QED) is 0.922. The number of nitrogens with zero attached hydrogens (tertiary/aromatic N) is 2. The van der Waals surface area contributed by atoms with Crippen LogP contribution in [0.5, 0.6) is 0 Å². The van der Waals surface area contributed by atoms with Crippen LogP contribution in [0.25, 0.3) is 0 Å². The molecule has 0 saturated carbocycles. The SMILES string of the molecule is Cc1n[nH]c(C)c1S(=O)(=O)N1c2ccccc2C[C@@H]1C. The number of rotatable bonds is 2. The fourth-order valence-electron chi connectivity index (χ4n) is 2.92. The van der Waals surface area contributed by atoms with Gasteiger partial charge in [-0.15, -0.1) is 0 Å². The number of sulfonamides is 1. The van der Waals surface area contributed by atoms with Crippen molar-refractivity contribution in [2.24, 2.45) is 0 Å². The molecule has 6 heteroatoms. The first kappa shape index (κ1) is 13.2. The summed E-state index contributed by atoms with van der Waals surface area (Å²) in [6.45, 7) is 5.38. The standard InChI is InChI=1S/C14H17N3O2S/c1-9-8-12-6-4-5-7-13(12)17(9)20(18,19)14-10(2)15-16-11(14)3/h4-7,9H,8H2,1-3H3,(H,15,16)/t9-/m0/s1. The Morgan fingerprint density at radius 2 is 2.00 bits per heavy atom. The lowest BCUT2D eigenvalue weighted by Gasteiger charge is -2.24. The number of anilines is 1. The summed E-state index contributed by atoms with van der Waals surface area (Å²) >= 11 is 0. The largest absolute Gasteiger partial charge is 0.281 e. The molecular formula is C14H17N3O2S. The molecule has 0 bridgehead atoms. The van der Waals surface area contributed by atoms with Gasteiger partial charge in [-0.05, 0) is 38.8 Å². The Kier molecular flexibility index (Phi) is 2.86. The second kappa shape index (κ2) is 4.34. The van der Waals surface area contributed by atoms with Crippen molar-refractivity contribution in [2.45, 2.75) is 38.1 Å². The Bertz CT molecular complexity index is 745. The van der Waals surface area contributed by atoms with Crippen molar-refractivity contribution >= 4 is 15.7 Å². The van der Waals surface area contributed by atoms with E-state index in [9.17, 15) is 8.42 Å². The minimum absolute atomic E-state index is 0.0777. The van der Waals surface area contributed by atoms with Gasteiger partial charge >= 0.3 is 0 Å². The van der Waals surface area contributed by atoms with Gasteiger partial charge in [0.2, 0.25) is 0 Å². The molecule has 1 aromatic heterocycles. The fraction of sp³-hybridized carbons (Fsp3) is 0.357. The molecule has 1 aliphatic heterocycles. The summed E-state index contributed by atoms with van der Waals surface area (Å²) in [5, 5.41) is 6.75. The minimum atomic E-state index is -3.58. The highest BCUT2D eigenvalue weighted by atomic mass is 32.2. The number of aromatic nitrogens is 2. The fourth-order valence-corrected chi connectivity index (χ4v) is 4.96. The van der Waals surface area contributed by atoms with E-state index in [1.54, 1.807) is 13.8 Å². The third kappa shape index (κ3) is 1.75. The highest BCUT2D eigenvalue weighted by Gasteiger charge is 2.38. The number of nitrogens with one attached hydrogen (secondary N) is 1. The van der Waals surface area contributed by atoms with Crippen LogP contribution in [0.15, 0.2) is 29.2 Å². The van der Waals surface area contributed by atoms with Crippen molar-refractivity contribution in [3.63, 3.8) is 0 Å². The lowest BCUT2D eigenvalue weighted by atomic mass is 10.1. The molecule has 0 saturated heterocycles. The van der Waals surface area contributed by atoms with Gasteiger partial charge in [-0.3, -0.25) is 9.40 Å². The maximum absolute atomic E-state index is 13.0. The number of para-hydroxylation sites is 1. The van der Waals surface area contributed by atoms with E-state index >= 15 is 0 Å². The first-order valence-electron chi connectivity index (χ1n) is 6.57. The summed E-state index contributed by atoms with van der Waals surface area (Å²) in [6.07, 6.45) is 0.741. The molecular weight excluding hydrogens is 274 g/mol. The van der Waals surface area contributed by atoms with Crippen molar-refractivity contribution < 1.29 is 8.42 Å². The van der Waals surface area contributed by atoms with Crippen LogP contribution in [0.2, 0.25) is 0 Å². The Labute approximate surface area is 118 Å². The molecule has 1 atom stereocenters. The summed E-state index contributed by atoms with van der Waals surface area (Å²) in [7, 11) is -3.58. The summed E-state index contributed by atoms with van der Waals surface area (Å²) in [6, 6.07) is 7.58. The molecule has 5 nitrogen and oxygen atoms in total. The number of aromatic amines is 1. The molecule has 0 aliphatic carbocycles. The van der Waals surface area contributed by atoms with Gasteiger partial charge < -0.3 is 0 Å². The summed E-state index contributed by atoms with van der Waals surface area (Å²) in [5.41, 5.74) is 2.94. The van der Waals surface area contributed by atoms with E-state index < -0.39 is 10.0 Å². The molecule has 20 heavy (non-hydrogen) atoms. The maximum atomic E-state index is 13.0. The Balaban J connectivity index is 2.18. The third-order valence-corrected chi connectivity index (χ3v) is 5.91. The van der Waals surface area contributed by atoms with Crippen LogP contribution >= 0.6 is 0 Å².